The Kier molecular flexibility index (Phi) is 2.53. The summed E-state index contributed by atoms with van der Waals surface area (Å²) in [4.78, 5) is 0.690. The molecule has 1 unspecified atom stereocenters. The summed E-state index contributed by atoms with van der Waals surface area (Å²) in [7, 11) is 1.55. The number of thiophene rings is 1. The van der Waals surface area contributed by atoms with Crippen LogP contribution in [0.25, 0.3) is 0 Å². The number of ether oxygens (including phenoxy) is 1. The van der Waals surface area contributed by atoms with Crippen LogP contribution in [0.4, 0.5) is 0 Å². The van der Waals surface area contributed by atoms with Crippen LogP contribution in [-0.2, 0) is 0 Å². The third-order valence-corrected chi connectivity index (χ3v) is 2.23. The van der Waals surface area contributed by atoms with E-state index in [0.29, 0.717) is 10.6 Å². The summed E-state index contributed by atoms with van der Waals surface area (Å²) in [5, 5.41) is 11.1. The number of rotatable bonds is 2. The maximum Gasteiger partial charge on any atom is 0.152 e. The van der Waals surface area contributed by atoms with E-state index < -0.39 is 6.10 Å². The second kappa shape index (κ2) is 3.42. The van der Waals surface area contributed by atoms with Crippen LogP contribution in [-0.4, -0.2) is 12.2 Å². The molecule has 0 radical (unpaired) electrons. The molecular formula is C8H8O2S. The van der Waals surface area contributed by atoms with E-state index in [1.54, 1.807) is 13.2 Å². The molecule has 1 aromatic rings. The molecule has 1 heterocycles. The maximum atomic E-state index is 9.22. The molecule has 1 aromatic heterocycles. The van der Waals surface area contributed by atoms with Crippen LogP contribution >= 0.6 is 11.3 Å². The minimum absolute atomic E-state index is 0.653. The second-order valence-corrected chi connectivity index (χ2v) is 2.87. The zero-order chi connectivity index (χ0) is 8.27. The molecule has 58 valence electrons. The molecule has 0 bridgehead atoms. The Bertz CT molecular complexity index is 272. The minimum atomic E-state index is -0.843. The topological polar surface area (TPSA) is 29.5 Å². The van der Waals surface area contributed by atoms with Crippen molar-refractivity contribution in [1.29, 1.82) is 0 Å². The quantitative estimate of drug-likeness (QED) is 0.677. The third kappa shape index (κ3) is 1.53. The molecule has 0 amide bonds. The van der Waals surface area contributed by atoms with E-state index in [1.165, 1.54) is 11.3 Å². The lowest BCUT2D eigenvalue weighted by molar-refractivity contribution is 0.237. The highest BCUT2D eigenvalue weighted by atomic mass is 32.1. The van der Waals surface area contributed by atoms with Gasteiger partial charge in [-0.1, -0.05) is 5.92 Å². The zero-order valence-corrected chi connectivity index (χ0v) is 6.89. The smallest absolute Gasteiger partial charge is 0.152 e. The van der Waals surface area contributed by atoms with Crippen molar-refractivity contribution in [2.75, 3.05) is 7.11 Å². The van der Waals surface area contributed by atoms with Crippen LogP contribution in [0.5, 0.6) is 5.75 Å². The van der Waals surface area contributed by atoms with Gasteiger partial charge in [0.2, 0.25) is 0 Å². The first-order valence-electron chi connectivity index (χ1n) is 3.05. The van der Waals surface area contributed by atoms with Gasteiger partial charge in [0.25, 0.3) is 0 Å². The van der Waals surface area contributed by atoms with Gasteiger partial charge in [0.1, 0.15) is 5.75 Å². The van der Waals surface area contributed by atoms with Gasteiger partial charge in [0.15, 0.2) is 6.10 Å². The summed E-state index contributed by atoms with van der Waals surface area (Å²) < 4.78 is 4.96. The van der Waals surface area contributed by atoms with E-state index in [-0.39, 0.29) is 0 Å². The van der Waals surface area contributed by atoms with E-state index in [0.717, 1.165) is 0 Å². The van der Waals surface area contributed by atoms with Crippen molar-refractivity contribution < 1.29 is 9.84 Å². The zero-order valence-electron chi connectivity index (χ0n) is 6.07. The third-order valence-electron chi connectivity index (χ3n) is 1.28. The van der Waals surface area contributed by atoms with Crippen molar-refractivity contribution >= 4 is 11.3 Å². The van der Waals surface area contributed by atoms with Crippen molar-refractivity contribution in [3.63, 3.8) is 0 Å². The molecule has 0 spiro atoms. The number of aliphatic hydroxyl groups is 1. The van der Waals surface area contributed by atoms with Crippen molar-refractivity contribution in [1.82, 2.24) is 0 Å². The van der Waals surface area contributed by atoms with E-state index in [9.17, 15) is 5.11 Å². The number of methoxy groups -OCH3 is 1. The van der Waals surface area contributed by atoms with E-state index >= 15 is 0 Å². The molecule has 0 saturated heterocycles. The molecule has 1 atom stereocenters. The lowest BCUT2D eigenvalue weighted by Crippen LogP contribution is -1.92. The lowest BCUT2D eigenvalue weighted by atomic mass is 10.3. The van der Waals surface area contributed by atoms with Crippen LogP contribution in [0.15, 0.2) is 11.4 Å². The molecule has 0 aliphatic heterocycles. The summed E-state index contributed by atoms with van der Waals surface area (Å²) in [5.41, 5.74) is 0. The van der Waals surface area contributed by atoms with E-state index in [1.807, 2.05) is 5.38 Å². The molecule has 0 saturated carbocycles. The van der Waals surface area contributed by atoms with Gasteiger partial charge in [-0.3, -0.25) is 0 Å². The van der Waals surface area contributed by atoms with Crippen molar-refractivity contribution in [2.24, 2.45) is 0 Å². The molecular weight excluding hydrogens is 160 g/mol. The molecule has 0 aliphatic rings. The first kappa shape index (κ1) is 8.12. The van der Waals surface area contributed by atoms with Gasteiger partial charge in [0.05, 0.1) is 12.0 Å². The van der Waals surface area contributed by atoms with Crippen LogP contribution in [0, 0.1) is 12.3 Å². The van der Waals surface area contributed by atoms with Crippen LogP contribution in [0.3, 0.4) is 0 Å². The molecule has 3 heteroatoms. The average molecular weight is 168 g/mol. The molecule has 1 rings (SSSR count). The maximum absolute atomic E-state index is 9.22. The van der Waals surface area contributed by atoms with Gasteiger partial charge in [-0.25, -0.2) is 0 Å². The van der Waals surface area contributed by atoms with Crippen LogP contribution in [0.2, 0.25) is 0 Å². The monoisotopic (exact) mass is 168 g/mol. The Labute approximate surface area is 69.4 Å². The average Bonchev–Trinajstić information content (AvgIpc) is 2.50. The van der Waals surface area contributed by atoms with Gasteiger partial charge >= 0.3 is 0 Å². The molecule has 2 nitrogen and oxygen atoms in total. The first-order valence-corrected chi connectivity index (χ1v) is 3.93. The summed E-state index contributed by atoms with van der Waals surface area (Å²) >= 11 is 1.39. The highest BCUT2D eigenvalue weighted by Gasteiger charge is 2.10. The fourth-order valence-corrected chi connectivity index (χ4v) is 1.56. The largest absolute Gasteiger partial charge is 0.495 e. The SMILES string of the molecule is C#CC(O)c1sccc1OC. The van der Waals surface area contributed by atoms with E-state index in [4.69, 9.17) is 11.2 Å². The minimum Gasteiger partial charge on any atom is -0.495 e. The Morgan fingerprint density at radius 1 is 1.82 bits per heavy atom. The Morgan fingerprint density at radius 2 is 2.55 bits per heavy atom. The van der Waals surface area contributed by atoms with Gasteiger partial charge in [-0.05, 0) is 11.4 Å². The molecule has 0 fully saturated rings. The van der Waals surface area contributed by atoms with Crippen LogP contribution in [0.1, 0.15) is 11.0 Å². The molecule has 0 aromatic carbocycles. The highest BCUT2D eigenvalue weighted by Crippen LogP contribution is 2.29. The summed E-state index contributed by atoms with van der Waals surface area (Å²) in [6.07, 6.45) is 4.20. The fourth-order valence-electron chi connectivity index (χ4n) is 0.753. The number of aliphatic hydroxyl groups excluding tert-OH is 1. The summed E-state index contributed by atoms with van der Waals surface area (Å²) in [6.45, 7) is 0. The van der Waals surface area contributed by atoms with Gasteiger partial charge in [-0.2, -0.15) is 0 Å². The Hall–Kier alpha value is -0.980. The highest BCUT2D eigenvalue weighted by molar-refractivity contribution is 7.10. The number of hydrogen-bond donors (Lipinski definition) is 1. The predicted molar refractivity (Wildman–Crippen MR) is 44.7 cm³/mol. The van der Waals surface area contributed by atoms with Gasteiger partial charge in [0, 0.05) is 0 Å². The van der Waals surface area contributed by atoms with Crippen LogP contribution < -0.4 is 4.74 Å². The first-order chi connectivity index (χ1) is 5.29. The Balaban J connectivity index is 2.94. The molecule has 0 aliphatic carbocycles. The molecule has 1 N–H and O–H groups in total. The van der Waals surface area contributed by atoms with Crippen molar-refractivity contribution in [2.45, 2.75) is 6.10 Å². The summed E-state index contributed by atoms with van der Waals surface area (Å²) in [6, 6.07) is 1.78. The number of hydrogen-bond acceptors (Lipinski definition) is 3. The summed E-state index contributed by atoms with van der Waals surface area (Å²) in [5.74, 6) is 2.88. The van der Waals surface area contributed by atoms with Crippen molar-refractivity contribution in [3.8, 4) is 18.1 Å². The second-order valence-electron chi connectivity index (χ2n) is 1.92. The van der Waals surface area contributed by atoms with Gasteiger partial charge < -0.3 is 9.84 Å². The van der Waals surface area contributed by atoms with Crippen molar-refractivity contribution in [3.05, 3.63) is 16.3 Å². The normalized spacial score (nSPS) is 12.1. The van der Waals surface area contributed by atoms with Gasteiger partial charge in [-0.15, -0.1) is 17.8 Å². The fraction of sp³-hybridized carbons (Fsp3) is 0.250. The standard InChI is InChI=1S/C8H8O2S/c1-3-6(9)8-7(10-2)4-5-11-8/h1,4-6,9H,2H3. The lowest BCUT2D eigenvalue weighted by Gasteiger charge is -2.02. The molecule has 11 heavy (non-hydrogen) atoms. The van der Waals surface area contributed by atoms with E-state index in [2.05, 4.69) is 5.92 Å². The predicted octanol–water partition coefficient (Wildman–Crippen LogP) is 1.42. The Morgan fingerprint density at radius 3 is 3.09 bits per heavy atom. The number of terminal acetylenes is 1.